The lowest BCUT2D eigenvalue weighted by Gasteiger charge is -2.31. The zero-order valence-corrected chi connectivity index (χ0v) is 14.4. The van der Waals surface area contributed by atoms with Crippen LogP contribution in [0, 0.1) is 5.92 Å². The molecule has 0 saturated carbocycles. The largest absolute Gasteiger partial charge is 0.465 e. The number of carbonyl (C=O) groups is 1. The van der Waals surface area contributed by atoms with Gasteiger partial charge in [0.1, 0.15) is 0 Å². The van der Waals surface area contributed by atoms with Crippen molar-refractivity contribution in [1.29, 1.82) is 0 Å². The molecule has 3 rings (SSSR count). The van der Waals surface area contributed by atoms with Gasteiger partial charge < -0.3 is 20.3 Å². The molecule has 0 aliphatic carbocycles. The number of piperidine rings is 1. The van der Waals surface area contributed by atoms with Crippen LogP contribution in [0.1, 0.15) is 19.3 Å². The first-order chi connectivity index (χ1) is 11.4. The van der Waals surface area contributed by atoms with E-state index >= 15 is 0 Å². The van der Waals surface area contributed by atoms with Crippen LogP contribution in [0.15, 0.2) is 17.6 Å². The summed E-state index contributed by atoms with van der Waals surface area (Å²) < 4.78 is 28.4. The lowest BCUT2D eigenvalue weighted by atomic mass is 9.88. The quantitative estimate of drug-likeness (QED) is 0.688. The highest BCUT2D eigenvalue weighted by Gasteiger charge is 2.44. The summed E-state index contributed by atoms with van der Waals surface area (Å²) in [6, 6.07) is -0.295. The van der Waals surface area contributed by atoms with Gasteiger partial charge in [-0.25, -0.2) is 18.2 Å². The maximum absolute atomic E-state index is 12.8. The smallest absolute Gasteiger partial charge is 0.404 e. The van der Waals surface area contributed by atoms with E-state index in [1.165, 1.54) is 16.8 Å². The molecule has 3 N–H and O–H groups in total. The summed E-state index contributed by atoms with van der Waals surface area (Å²) in [5, 5.41) is 15.0. The molecule has 1 aromatic rings. The number of imidazole rings is 1. The van der Waals surface area contributed by atoms with E-state index in [0.29, 0.717) is 6.54 Å². The Balaban J connectivity index is 1.81. The van der Waals surface area contributed by atoms with Gasteiger partial charge in [0.2, 0.25) is 0 Å². The van der Waals surface area contributed by atoms with Crippen molar-refractivity contribution in [3.05, 3.63) is 12.5 Å². The Kier molecular flexibility index (Phi) is 4.79. The molecule has 10 heteroatoms. The lowest BCUT2D eigenvalue weighted by molar-refractivity contribution is 0.183. The van der Waals surface area contributed by atoms with Gasteiger partial charge in [0, 0.05) is 38.3 Å². The minimum absolute atomic E-state index is 0.00340. The Morgan fingerprint density at radius 1 is 1.42 bits per heavy atom. The average Bonchev–Trinajstić information content (AvgIpc) is 3.15. The van der Waals surface area contributed by atoms with Crippen LogP contribution in [0.4, 0.5) is 4.79 Å². The van der Waals surface area contributed by atoms with Gasteiger partial charge in [0.05, 0.1) is 12.4 Å². The fourth-order valence-electron chi connectivity index (χ4n) is 3.61. The molecule has 2 aliphatic heterocycles. The van der Waals surface area contributed by atoms with E-state index in [1.807, 2.05) is 0 Å². The standard InChI is InChI=1S/C14H23N5O4S/c1-18-8-13(16-9-18)24(22,23)19-6-10(11-4-2-3-5-15-11)12(7-19)17-14(20)21/h8-12,15,17H,2-7H2,1H3,(H,20,21)/t10-,11+,12+/m0/s1. The van der Waals surface area contributed by atoms with Crippen LogP contribution in [0.2, 0.25) is 0 Å². The second kappa shape index (κ2) is 6.69. The number of aryl methyl sites for hydroxylation is 1. The van der Waals surface area contributed by atoms with Crippen molar-refractivity contribution < 1.29 is 18.3 Å². The molecule has 1 amide bonds. The fraction of sp³-hybridized carbons (Fsp3) is 0.714. The Hall–Kier alpha value is -1.65. The van der Waals surface area contributed by atoms with Crippen molar-refractivity contribution in [2.45, 2.75) is 36.4 Å². The first kappa shape index (κ1) is 17.2. The maximum Gasteiger partial charge on any atom is 0.404 e. The summed E-state index contributed by atoms with van der Waals surface area (Å²) in [5.41, 5.74) is 0. The van der Waals surface area contributed by atoms with Crippen LogP contribution < -0.4 is 10.6 Å². The molecule has 1 aromatic heterocycles. The van der Waals surface area contributed by atoms with Gasteiger partial charge in [-0.2, -0.15) is 4.31 Å². The van der Waals surface area contributed by atoms with E-state index in [9.17, 15) is 13.2 Å². The van der Waals surface area contributed by atoms with Crippen molar-refractivity contribution >= 4 is 16.1 Å². The predicted molar refractivity (Wildman–Crippen MR) is 86.0 cm³/mol. The summed E-state index contributed by atoms with van der Waals surface area (Å²) in [7, 11) is -2.01. The van der Waals surface area contributed by atoms with Crippen molar-refractivity contribution in [1.82, 2.24) is 24.5 Å². The number of amides is 1. The molecule has 3 heterocycles. The van der Waals surface area contributed by atoms with Gasteiger partial charge in [-0.1, -0.05) is 6.42 Å². The second-order valence-electron chi connectivity index (χ2n) is 6.48. The van der Waals surface area contributed by atoms with E-state index in [1.54, 1.807) is 11.6 Å². The van der Waals surface area contributed by atoms with Gasteiger partial charge in [-0.15, -0.1) is 0 Å². The molecule has 2 fully saturated rings. The Morgan fingerprint density at radius 3 is 2.79 bits per heavy atom. The number of sulfonamides is 1. The summed E-state index contributed by atoms with van der Waals surface area (Å²) in [4.78, 5) is 15.0. The van der Waals surface area contributed by atoms with Crippen LogP contribution in [-0.2, 0) is 17.1 Å². The second-order valence-corrected chi connectivity index (χ2v) is 8.36. The topological polar surface area (TPSA) is 117 Å². The normalized spacial score (nSPS) is 28.8. The predicted octanol–water partition coefficient (Wildman–Crippen LogP) is -0.181. The lowest BCUT2D eigenvalue weighted by Crippen LogP contribution is -2.49. The number of nitrogens with zero attached hydrogens (tertiary/aromatic N) is 3. The summed E-state index contributed by atoms with van der Waals surface area (Å²) in [6.45, 7) is 1.31. The molecule has 0 aromatic carbocycles. The summed E-state index contributed by atoms with van der Waals surface area (Å²) in [5.74, 6) is -0.0834. The van der Waals surface area contributed by atoms with Gasteiger partial charge >= 0.3 is 6.09 Å². The van der Waals surface area contributed by atoms with Crippen LogP contribution >= 0.6 is 0 Å². The first-order valence-corrected chi connectivity index (χ1v) is 9.53. The van der Waals surface area contributed by atoms with Crippen molar-refractivity contribution in [2.75, 3.05) is 19.6 Å². The first-order valence-electron chi connectivity index (χ1n) is 8.09. The van der Waals surface area contributed by atoms with Gasteiger partial charge in [-0.05, 0) is 19.4 Å². The Morgan fingerprint density at radius 2 is 2.21 bits per heavy atom. The number of hydrogen-bond acceptors (Lipinski definition) is 5. The van der Waals surface area contributed by atoms with Crippen LogP contribution in [0.3, 0.4) is 0 Å². The fourth-order valence-corrected chi connectivity index (χ4v) is 5.08. The molecule has 0 unspecified atom stereocenters. The molecule has 134 valence electrons. The van der Waals surface area contributed by atoms with Crippen LogP contribution in [0.25, 0.3) is 0 Å². The van der Waals surface area contributed by atoms with Crippen molar-refractivity contribution in [3.8, 4) is 0 Å². The maximum atomic E-state index is 12.8. The van der Waals surface area contributed by atoms with E-state index < -0.39 is 22.2 Å². The summed E-state index contributed by atoms with van der Waals surface area (Å²) >= 11 is 0. The van der Waals surface area contributed by atoms with E-state index in [2.05, 4.69) is 15.6 Å². The van der Waals surface area contributed by atoms with Crippen molar-refractivity contribution in [3.63, 3.8) is 0 Å². The highest BCUT2D eigenvalue weighted by Crippen LogP contribution is 2.29. The molecule has 2 aliphatic rings. The SMILES string of the molecule is Cn1cnc(S(=O)(=O)N2C[C@@H]([C@H]3CCCCN3)[C@H](NC(=O)O)C2)c1. The molecule has 9 nitrogen and oxygen atoms in total. The highest BCUT2D eigenvalue weighted by atomic mass is 32.2. The van der Waals surface area contributed by atoms with Gasteiger partial charge in [0.25, 0.3) is 10.0 Å². The zero-order chi connectivity index (χ0) is 17.3. The Labute approximate surface area is 141 Å². The average molecular weight is 357 g/mol. The molecule has 3 atom stereocenters. The van der Waals surface area contributed by atoms with Crippen LogP contribution in [0.5, 0.6) is 0 Å². The summed E-state index contributed by atoms with van der Waals surface area (Å²) in [6.07, 6.45) is 4.87. The van der Waals surface area contributed by atoms with E-state index in [0.717, 1.165) is 25.8 Å². The molecule has 0 spiro atoms. The highest BCUT2D eigenvalue weighted by molar-refractivity contribution is 7.89. The molecular weight excluding hydrogens is 334 g/mol. The third-order valence-corrected chi connectivity index (χ3v) is 6.51. The van der Waals surface area contributed by atoms with Gasteiger partial charge in [0.15, 0.2) is 5.03 Å². The van der Waals surface area contributed by atoms with Crippen LogP contribution in [-0.4, -0.2) is 65.2 Å². The number of rotatable bonds is 4. The molecule has 0 radical (unpaired) electrons. The molecule has 0 bridgehead atoms. The third-order valence-electron chi connectivity index (χ3n) is 4.79. The van der Waals surface area contributed by atoms with Crippen molar-refractivity contribution in [2.24, 2.45) is 13.0 Å². The minimum atomic E-state index is -3.72. The number of aromatic nitrogens is 2. The number of nitrogens with one attached hydrogen (secondary N) is 2. The van der Waals surface area contributed by atoms with E-state index in [-0.39, 0.29) is 23.5 Å². The van der Waals surface area contributed by atoms with E-state index in [4.69, 9.17) is 5.11 Å². The third kappa shape index (κ3) is 3.40. The number of carboxylic acid groups (broad SMARTS) is 1. The molecule has 24 heavy (non-hydrogen) atoms. The zero-order valence-electron chi connectivity index (χ0n) is 13.6. The number of hydrogen-bond donors (Lipinski definition) is 3. The molecule has 2 saturated heterocycles. The molecular formula is C14H23N5O4S. The Bertz CT molecular complexity index is 698. The minimum Gasteiger partial charge on any atom is -0.465 e. The monoisotopic (exact) mass is 357 g/mol. The van der Waals surface area contributed by atoms with Gasteiger partial charge in [-0.3, -0.25) is 0 Å².